The Hall–Kier alpha value is -0.220. The van der Waals surface area contributed by atoms with Crippen LogP contribution in [0, 0.1) is 0 Å². The van der Waals surface area contributed by atoms with Gasteiger partial charge in [0.15, 0.2) is 0 Å². The molecule has 2 N–H and O–H groups in total. The molecule has 0 aromatic rings. The van der Waals surface area contributed by atoms with E-state index in [1.165, 1.54) is 0 Å². The highest BCUT2D eigenvalue weighted by Crippen LogP contribution is 2.39. The first-order chi connectivity index (χ1) is 5.47. The Morgan fingerprint density at radius 3 is 2.00 bits per heavy atom. The van der Waals surface area contributed by atoms with E-state index in [-0.39, 0.29) is 38.7 Å². The summed E-state index contributed by atoms with van der Waals surface area (Å²) >= 11 is 0. The van der Waals surface area contributed by atoms with Crippen molar-refractivity contribution >= 4 is 0 Å². The van der Waals surface area contributed by atoms with Crippen LogP contribution in [0.25, 0.3) is 0 Å². The lowest BCUT2D eigenvalue weighted by Crippen LogP contribution is -2.39. The first-order valence-electron chi connectivity index (χ1n) is 4.19. The van der Waals surface area contributed by atoms with E-state index in [4.69, 9.17) is 5.11 Å². The fraction of sp³-hybridized carbons (Fsp3) is 1.00. The average molecular weight is 180 g/mol. The highest BCUT2D eigenvalue weighted by atomic mass is 19.3. The van der Waals surface area contributed by atoms with Crippen LogP contribution in [0.4, 0.5) is 8.78 Å². The molecule has 0 saturated heterocycles. The number of hydrogen-bond donors (Lipinski definition) is 2. The zero-order chi connectivity index (χ0) is 9.24. The lowest BCUT2D eigenvalue weighted by Gasteiger charge is -2.35. The monoisotopic (exact) mass is 180 g/mol. The molecule has 0 spiro atoms. The molecular weight excluding hydrogens is 166 g/mol. The summed E-state index contributed by atoms with van der Waals surface area (Å²) in [6.07, 6.45) is -0.114. The third-order valence-electron chi connectivity index (χ3n) is 2.49. The number of aliphatic hydroxyl groups excluding tert-OH is 1. The van der Waals surface area contributed by atoms with Gasteiger partial charge in [-0.2, -0.15) is 0 Å². The molecule has 1 aliphatic rings. The van der Waals surface area contributed by atoms with Crippen LogP contribution in [-0.2, 0) is 0 Å². The Morgan fingerprint density at radius 1 is 1.08 bits per heavy atom. The van der Waals surface area contributed by atoms with Crippen molar-refractivity contribution in [3.63, 3.8) is 0 Å². The fourth-order valence-electron chi connectivity index (χ4n) is 1.54. The largest absolute Gasteiger partial charge is 0.396 e. The summed E-state index contributed by atoms with van der Waals surface area (Å²) in [7, 11) is 0. The summed E-state index contributed by atoms with van der Waals surface area (Å²) in [5.41, 5.74) is -1.05. The molecule has 2 nitrogen and oxygen atoms in total. The highest BCUT2D eigenvalue weighted by Gasteiger charge is 2.41. The first-order valence-corrected chi connectivity index (χ1v) is 4.19. The average Bonchev–Trinajstić information content (AvgIpc) is 1.98. The molecule has 1 rings (SSSR count). The zero-order valence-corrected chi connectivity index (χ0v) is 6.89. The van der Waals surface area contributed by atoms with Gasteiger partial charge in [-0.05, 0) is 19.3 Å². The molecule has 0 aliphatic heterocycles. The Bertz CT molecular complexity index is 149. The molecule has 0 aromatic heterocycles. The second kappa shape index (κ2) is 3.26. The van der Waals surface area contributed by atoms with Crippen molar-refractivity contribution in [1.29, 1.82) is 0 Å². The topological polar surface area (TPSA) is 40.5 Å². The van der Waals surface area contributed by atoms with E-state index in [1.54, 1.807) is 0 Å². The van der Waals surface area contributed by atoms with E-state index < -0.39 is 11.5 Å². The van der Waals surface area contributed by atoms with Gasteiger partial charge in [-0.25, -0.2) is 8.78 Å². The quantitative estimate of drug-likeness (QED) is 0.672. The highest BCUT2D eigenvalue weighted by molar-refractivity contribution is 4.88. The van der Waals surface area contributed by atoms with Gasteiger partial charge < -0.3 is 10.2 Å². The second-order valence-corrected chi connectivity index (χ2v) is 3.55. The predicted octanol–water partition coefficient (Wildman–Crippen LogP) is 1.31. The van der Waals surface area contributed by atoms with Crippen LogP contribution in [0.1, 0.15) is 32.1 Å². The van der Waals surface area contributed by atoms with E-state index in [9.17, 15) is 13.9 Å². The minimum Gasteiger partial charge on any atom is -0.396 e. The van der Waals surface area contributed by atoms with Crippen molar-refractivity contribution < 1.29 is 19.0 Å². The Labute approximate surface area is 70.2 Å². The standard InChI is InChI=1S/C8H14F2O2/c9-8(10)3-1-7(12,2-4-8)5-6-11/h11-12H,1-6H2. The summed E-state index contributed by atoms with van der Waals surface area (Å²) < 4.78 is 25.2. The summed E-state index contributed by atoms with van der Waals surface area (Å²) in [5, 5.41) is 18.2. The van der Waals surface area contributed by atoms with Gasteiger partial charge in [-0.15, -0.1) is 0 Å². The van der Waals surface area contributed by atoms with Crippen LogP contribution < -0.4 is 0 Å². The molecule has 1 saturated carbocycles. The van der Waals surface area contributed by atoms with Crippen molar-refractivity contribution in [1.82, 2.24) is 0 Å². The van der Waals surface area contributed by atoms with Crippen LogP contribution in [-0.4, -0.2) is 28.3 Å². The Balaban J connectivity index is 2.44. The van der Waals surface area contributed by atoms with E-state index >= 15 is 0 Å². The van der Waals surface area contributed by atoms with Gasteiger partial charge in [0, 0.05) is 19.4 Å². The van der Waals surface area contributed by atoms with Gasteiger partial charge in [0.2, 0.25) is 5.92 Å². The third kappa shape index (κ3) is 2.38. The van der Waals surface area contributed by atoms with Crippen LogP contribution in [0.2, 0.25) is 0 Å². The van der Waals surface area contributed by atoms with Crippen molar-refractivity contribution in [2.45, 2.75) is 43.6 Å². The number of rotatable bonds is 2. The molecule has 72 valence electrons. The number of halogens is 2. The molecule has 0 heterocycles. The number of alkyl halides is 2. The summed E-state index contributed by atoms with van der Waals surface area (Å²) in [4.78, 5) is 0. The van der Waals surface area contributed by atoms with E-state index in [1.807, 2.05) is 0 Å². The normalized spacial score (nSPS) is 27.0. The molecule has 0 unspecified atom stereocenters. The molecule has 4 heteroatoms. The van der Waals surface area contributed by atoms with Crippen molar-refractivity contribution in [2.24, 2.45) is 0 Å². The molecule has 0 bridgehead atoms. The molecule has 1 fully saturated rings. The smallest absolute Gasteiger partial charge is 0.248 e. The molecule has 0 atom stereocenters. The van der Waals surface area contributed by atoms with Crippen molar-refractivity contribution in [2.75, 3.05) is 6.61 Å². The van der Waals surface area contributed by atoms with Crippen LogP contribution >= 0.6 is 0 Å². The van der Waals surface area contributed by atoms with Gasteiger partial charge in [0.25, 0.3) is 0 Å². The number of aliphatic hydroxyl groups is 2. The molecule has 0 aromatic carbocycles. The van der Waals surface area contributed by atoms with Gasteiger partial charge in [-0.1, -0.05) is 0 Å². The lowest BCUT2D eigenvalue weighted by molar-refractivity contribution is -0.109. The maximum atomic E-state index is 12.6. The fourth-order valence-corrected chi connectivity index (χ4v) is 1.54. The Morgan fingerprint density at radius 2 is 1.58 bits per heavy atom. The maximum Gasteiger partial charge on any atom is 0.248 e. The maximum absolute atomic E-state index is 12.6. The van der Waals surface area contributed by atoms with Crippen molar-refractivity contribution in [3.8, 4) is 0 Å². The third-order valence-corrected chi connectivity index (χ3v) is 2.49. The SMILES string of the molecule is OCCC1(O)CCC(F)(F)CC1. The number of hydrogen-bond acceptors (Lipinski definition) is 2. The summed E-state index contributed by atoms with van der Waals surface area (Å²) in [5.74, 6) is -2.61. The molecule has 0 amide bonds. The molecular formula is C8H14F2O2. The van der Waals surface area contributed by atoms with Gasteiger partial charge in [0.1, 0.15) is 0 Å². The second-order valence-electron chi connectivity index (χ2n) is 3.55. The van der Waals surface area contributed by atoms with Gasteiger partial charge >= 0.3 is 0 Å². The van der Waals surface area contributed by atoms with Crippen molar-refractivity contribution in [3.05, 3.63) is 0 Å². The van der Waals surface area contributed by atoms with E-state index in [2.05, 4.69) is 0 Å². The zero-order valence-electron chi connectivity index (χ0n) is 6.89. The van der Waals surface area contributed by atoms with E-state index in [0.29, 0.717) is 0 Å². The molecule has 1 aliphatic carbocycles. The van der Waals surface area contributed by atoms with Gasteiger partial charge in [0.05, 0.1) is 5.60 Å². The van der Waals surface area contributed by atoms with Crippen LogP contribution in [0.5, 0.6) is 0 Å². The minimum absolute atomic E-state index is 0.0978. The predicted molar refractivity (Wildman–Crippen MR) is 40.1 cm³/mol. The lowest BCUT2D eigenvalue weighted by atomic mass is 9.81. The van der Waals surface area contributed by atoms with Gasteiger partial charge in [-0.3, -0.25) is 0 Å². The first kappa shape index (κ1) is 9.86. The molecule has 12 heavy (non-hydrogen) atoms. The molecule has 0 radical (unpaired) electrons. The Kier molecular flexibility index (Phi) is 2.68. The summed E-state index contributed by atoms with van der Waals surface area (Å²) in [6, 6.07) is 0. The van der Waals surface area contributed by atoms with Crippen LogP contribution in [0.15, 0.2) is 0 Å². The minimum atomic E-state index is -2.61. The van der Waals surface area contributed by atoms with E-state index in [0.717, 1.165) is 0 Å². The summed E-state index contributed by atoms with van der Waals surface area (Å²) in [6.45, 7) is -0.137. The van der Waals surface area contributed by atoms with Crippen LogP contribution in [0.3, 0.4) is 0 Å².